The SMILES string of the molecule is CC(C)CC(=O)N1CC(NC2CC2)CC(C(C)C)C1. The van der Waals surface area contributed by atoms with Gasteiger partial charge in [-0.15, -0.1) is 0 Å². The smallest absolute Gasteiger partial charge is 0.222 e. The number of hydrogen-bond acceptors (Lipinski definition) is 2. The van der Waals surface area contributed by atoms with Crippen LogP contribution in [-0.4, -0.2) is 36.0 Å². The average molecular weight is 266 g/mol. The van der Waals surface area contributed by atoms with Crippen LogP contribution in [0.25, 0.3) is 0 Å². The molecule has 0 aromatic rings. The first-order chi connectivity index (χ1) is 8.95. The molecule has 3 heteroatoms. The summed E-state index contributed by atoms with van der Waals surface area (Å²) in [6, 6.07) is 1.25. The van der Waals surface area contributed by atoms with Gasteiger partial charge >= 0.3 is 0 Å². The molecule has 1 saturated heterocycles. The number of amides is 1. The molecule has 0 aromatic carbocycles. The number of rotatable bonds is 5. The molecule has 1 aliphatic heterocycles. The number of carbonyl (C=O) groups is 1. The predicted molar refractivity (Wildman–Crippen MR) is 78.9 cm³/mol. The molecule has 0 aromatic heterocycles. The zero-order chi connectivity index (χ0) is 14.0. The lowest BCUT2D eigenvalue weighted by molar-refractivity contribution is -0.134. The third-order valence-corrected chi connectivity index (χ3v) is 4.41. The Morgan fingerprint density at radius 1 is 1.16 bits per heavy atom. The van der Waals surface area contributed by atoms with E-state index in [2.05, 4.69) is 37.9 Å². The second-order valence-corrected chi connectivity index (χ2v) is 7.27. The second kappa shape index (κ2) is 6.25. The van der Waals surface area contributed by atoms with E-state index in [4.69, 9.17) is 0 Å². The van der Waals surface area contributed by atoms with E-state index in [1.165, 1.54) is 19.3 Å². The van der Waals surface area contributed by atoms with E-state index in [-0.39, 0.29) is 0 Å². The van der Waals surface area contributed by atoms with Crippen LogP contribution in [0.1, 0.15) is 53.4 Å². The van der Waals surface area contributed by atoms with Crippen molar-refractivity contribution in [1.29, 1.82) is 0 Å². The largest absolute Gasteiger partial charge is 0.341 e. The highest BCUT2D eigenvalue weighted by Gasteiger charge is 2.34. The maximum absolute atomic E-state index is 12.3. The summed E-state index contributed by atoms with van der Waals surface area (Å²) >= 11 is 0. The lowest BCUT2D eigenvalue weighted by Gasteiger charge is -2.40. The van der Waals surface area contributed by atoms with Crippen LogP contribution in [0.2, 0.25) is 0 Å². The number of nitrogens with one attached hydrogen (secondary N) is 1. The van der Waals surface area contributed by atoms with Gasteiger partial charge in [-0.2, -0.15) is 0 Å². The van der Waals surface area contributed by atoms with Crippen molar-refractivity contribution in [3.8, 4) is 0 Å². The normalized spacial score (nSPS) is 28.2. The van der Waals surface area contributed by atoms with Gasteiger partial charge in [0, 0.05) is 31.6 Å². The van der Waals surface area contributed by atoms with E-state index in [1.54, 1.807) is 0 Å². The van der Waals surface area contributed by atoms with Crippen LogP contribution in [0, 0.1) is 17.8 Å². The van der Waals surface area contributed by atoms with Crippen LogP contribution < -0.4 is 5.32 Å². The summed E-state index contributed by atoms with van der Waals surface area (Å²) in [4.78, 5) is 14.4. The monoisotopic (exact) mass is 266 g/mol. The van der Waals surface area contributed by atoms with Crippen LogP contribution in [0.3, 0.4) is 0 Å². The van der Waals surface area contributed by atoms with Crippen LogP contribution in [0.15, 0.2) is 0 Å². The molecule has 2 fully saturated rings. The van der Waals surface area contributed by atoms with Gasteiger partial charge in [0.15, 0.2) is 0 Å². The van der Waals surface area contributed by atoms with Crippen molar-refractivity contribution in [3.63, 3.8) is 0 Å². The molecule has 2 rings (SSSR count). The third kappa shape index (κ3) is 4.48. The first-order valence-electron chi connectivity index (χ1n) is 7.99. The van der Waals surface area contributed by atoms with Crippen molar-refractivity contribution in [2.24, 2.45) is 17.8 Å². The third-order valence-electron chi connectivity index (χ3n) is 4.41. The van der Waals surface area contributed by atoms with Crippen molar-refractivity contribution in [2.75, 3.05) is 13.1 Å². The molecule has 19 heavy (non-hydrogen) atoms. The maximum atomic E-state index is 12.3. The summed E-state index contributed by atoms with van der Waals surface area (Å²) in [5, 5.41) is 3.72. The van der Waals surface area contributed by atoms with E-state index in [9.17, 15) is 4.79 Å². The fraction of sp³-hybridized carbons (Fsp3) is 0.938. The highest BCUT2D eigenvalue weighted by Crippen LogP contribution is 2.27. The van der Waals surface area contributed by atoms with Gasteiger partial charge in [0.25, 0.3) is 0 Å². The molecule has 0 spiro atoms. The molecule has 1 heterocycles. The van der Waals surface area contributed by atoms with Crippen LogP contribution >= 0.6 is 0 Å². The quantitative estimate of drug-likeness (QED) is 0.829. The number of hydrogen-bond donors (Lipinski definition) is 1. The Morgan fingerprint density at radius 2 is 1.84 bits per heavy atom. The fourth-order valence-corrected chi connectivity index (χ4v) is 3.01. The Balaban J connectivity index is 1.94. The van der Waals surface area contributed by atoms with Gasteiger partial charge in [0.1, 0.15) is 0 Å². The van der Waals surface area contributed by atoms with Gasteiger partial charge in [-0.25, -0.2) is 0 Å². The molecule has 2 atom stereocenters. The topological polar surface area (TPSA) is 32.3 Å². The van der Waals surface area contributed by atoms with Crippen molar-refractivity contribution in [1.82, 2.24) is 10.2 Å². The number of carbonyl (C=O) groups excluding carboxylic acids is 1. The van der Waals surface area contributed by atoms with Crippen LogP contribution in [0.5, 0.6) is 0 Å². The Bertz CT molecular complexity index is 310. The molecular weight excluding hydrogens is 236 g/mol. The van der Waals surface area contributed by atoms with Gasteiger partial charge in [-0.05, 0) is 37.0 Å². The Kier molecular flexibility index (Phi) is 4.88. The molecule has 1 aliphatic carbocycles. The zero-order valence-corrected chi connectivity index (χ0v) is 13.0. The summed E-state index contributed by atoms with van der Waals surface area (Å²) < 4.78 is 0. The molecule has 2 unspecified atom stereocenters. The first kappa shape index (κ1) is 14.8. The summed E-state index contributed by atoms with van der Waals surface area (Å²) in [5.41, 5.74) is 0. The average Bonchev–Trinajstić information content (AvgIpc) is 3.11. The van der Waals surface area contributed by atoms with E-state index in [0.29, 0.717) is 36.1 Å². The summed E-state index contributed by atoms with van der Waals surface area (Å²) in [6.45, 7) is 10.7. The molecule has 2 aliphatic rings. The van der Waals surface area contributed by atoms with Crippen molar-refractivity contribution in [2.45, 2.75) is 65.5 Å². The van der Waals surface area contributed by atoms with Crippen molar-refractivity contribution in [3.05, 3.63) is 0 Å². The number of piperidine rings is 1. The number of nitrogens with zero attached hydrogens (tertiary/aromatic N) is 1. The molecule has 1 N–H and O–H groups in total. The highest BCUT2D eigenvalue weighted by atomic mass is 16.2. The molecule has 110 valence electrons. The van der Waals surface area contributed by atoms with Crippen LogP contribution in [-0.2, 0) is 4.79 Å². The van der Waals surface area contributed by atoms with Crippen LogP contribution in [0.4, 0.5) is 0 Å². The second-order valence-electron chi connectivity index (χ2n) is 7.27. The molecular formula is C16H30N2O. The standard InChI is InChI=1S/C16H30N2O/c1-11(2)7-16(19)18-9-13(12(3)4)8-15(10-18)17-14-5-6-14/h11-15,17H,5-10H2,1-4H3. The van der Waals surface area contributed by atoms with Crippen molar-refractivity contribution < 1.29 is 4.79 Å². The Morgan fingerprint density at radius 3 is 2.37 bits per heavy atom. The lowest BCUT2D eigenvalue weighted by Crippen LogP contribution is -2.52. The van der Waals surface area contributed by atoms with E-state index in [1.807, 2.05) is 0 Å². The fourth-order valence-electron chi connectivity index (χ4n) is 3.01. The van der Waals surface area contributed by atoms with Gasteiger partial charge < -0.3 is 10.2 Å². The molecule has 1 saturated carbocycles. The zero-order valence-electron chi connectivity index (χ0n) is 13.0. The Labute approximate surface area is 118 Å². The predicted octanol–water partition coefficient (Wildman–Crippen LogP) is 2.66. The minimum absolute atomic E-state index is 0.350. The number of likely N-dealkylation sites (tertiary alicyclic amines) is 1. The van der Waals surface area contributed by atoms with Gasteiger partial charge in [-0.3, -0.25) is 4.79 Å². The highest BCUT2D eigenvalue weighted by molar-refractivity contribution is 5.76. The molecule has 0 bridgehead atoms. The lowest BCUT2D eigenvalue weighted by atomic mass is 9.85. The Hall–Kier alpha value is -0.570. The van der Waals surface area contributed by atoms with E-state index < -0.39 is 0 Å². The minimum atomic E-state index is 0.350. The first-order valence-corrected chi connectivity index (χ1v) is 7.99. The minimum Gasteiger partial charge on any atom is -0.341 e. The summed E-state index contributed by atoms with van der Waals surface area (Å²) in [7, 11) is 0. The van der Waals surface area contributed by atoms with Gasteiger partial charge in [0.05, 0.1) is 0 Å². The van der Waals surface area contributed by atoms with Gasteiger partial charge in [-0.1, -0.05) is 27.7 Å². The molecule has 1 amide bonds. The van der Waals surface area contributed by atoms with Gasteiger partial charge in [0.2, 0.25) is 5.91 Å². The summed E-state index contributed by atoms with van der Waals surface area (Å²) in [5.74, 6) is 2.13. The maximum Gasteiger partial charge on any atom is 0.222 e. The van der Waals surface area contributed by atoms with E-state index in [0.717, 1.165) is 19.1 Å². The van der Waals surface area contributed by atoms with Crippen molar-refractivity contribution >= 4 is 5.91 Å². The molecule has 3 nitrogen and oxygen atoms in total. The molecule has 0 radical (unpaired) electrons. The summed E-state index contributed by atoms with van der Waals surface area (Å²) in [6.07, 6.45) is 4.58. The van der Waals surface area contributed by atoms with E-state index >= 15 is 0 Å².